The van der Waals surface area contributed by atoms with Crippen molar-refractivity contribution in [2.45, 2.75) is 38.5 Å². The molecule has 0 radical (unpaired) electrons. The van der Waals surface area contributed by atoms with Gasteiger partial charge in [-0.15, -0.1) is 0 Å². The molecule has 74 valence electrons. The van der Waals surface area contributed by atoms with Gasteiger partial charge in [-0.25, -0.2) is 0 Å². The topological polar surface area (TPSA) is 26.3 Å². The average molecular weight is 182 g/mol. The van der Waals surface area contributed by atoms with E-state index >= 15 is 0 Å². The molecule has 1 saturated carbocycles. The molecule has 13 heavy (non-hydrogen) atoms. The smallest absolute Gasteiger partial charge is 0.138 e. The lowest BCUT2D eigenvalue weighted by molar-refractivity contribution is -0.126. The first-order chi connectivity index (χ1) is 6.36. The number of ketones is 1. The third kappa shape index (κ3) is 2.80. The van der Waals surface area contributed by atoms with E-state index in [9.17, 15) is 4.79 Å². The van der Waals surface area contributed by atoms with Crippen molar-refractivity contribution in [2.24, 2.45) is 11.8 Å². The normalized spacial score (nSPS) is 28.8. The molecule has 2 fully saturated rings. The predicted molar refractivity (Wildman–Crippen MR) is 50.5 cm³/mol. The van der Waals surface area contributed by atoms with E-state index in [2.05, 4.69) is 0 Å². The minimum absolute atomic E-state index is 0.229. The molecule has 1 aliphatic heterocycles. The summed E-state index contributed by atoms with van der Waals surface area (Å²) < 4.78 is 5.30. The van der Waals surface area contributed by atoms with Crippen LogP contribution in [-0.4, -0.2) is 19.0 Å². The number of carbonyl (C=O) groups excluding carboxylic acids is 1. The van der Waals surface area contributed by atoms with Crippen molar-refractivity contribution in [3.05, 3.63) is 0 Å². The highest BCUT2D eigenvalue weighted by atomic mass is 16.5. The standard InChI is InChI=1S/C11H18O2/c12-11(6-5-9-3-4-9)10-2-1-7-13-8-10/h9-10H,1-8H2. The van der Waals surface area contributed by atoms with Gasteiger partial charge in [0.1, 0.15) is 5.78 Å². The Bertz CT molecular complexity index is 179. The number of ether oxygens (including phenoxy) is 1. The van der Waals surface area contributed by atoms with Crippen molar-refractivity contribution < 1.29 is 9.53 Å². The molecule has 0 N–H and O–H groups in total. The van der Waals surface area contributed by atoms with Crippen molar-refractivity contribution in [1.82, 2.24) is 0 Å². The van der Waals surface area contributed by atoms with E-state index in [0.717, 1.165) is 38.2 Å². The molecule has 1 aliphatic carbocycles. The van der Waals surface area contributed by atoms with E-state index in [4.69, 9.17) is 4.74 Å². The Morgan fingerprint density at radius 3 is 2.77 bits per heavy atom. The molecule has 1 saturated heterocycles. The summed E-state index contributed by atoms with van der Waals surface area (Å²) in [5.41, 5.74) is 0. The van der Waals surface area contributed by atoms with Crippen molar-refractivity contribution in [3.63, 3.8) is 0 Å². The summed E-state index contributed by atoms with van der Waals surface area (Å²) in [4.78, 5) is 11.7. The average Bonchev–Trinajstić information content (AvgIpc) is 2.99. The van der Waals surface area contributed by atoms with Crippen LogP contribution in [-0.2, 0) is 9.53 Å². The van der Waals surface area contributed by atoms with Crippen molar-refractivity contribution in [2.75, 3.05) is 13.2 Å². The van der Waals surface area contributed by atoms with Crippen LogP contribution in [0.5, 0.6) is 0 Å². The minimum atomic E-state index is 0.229. The van der Waals surface area contributed by atoms with Crippen LogP contribution in [0.4, 0.5) is 0 Å². The van der Waals surface area contributed by atoms with Crippen LogP contribution in [0.1, 0.15) is 38.5 Å². The molecule has 0 amide bonds. The van der Waals surface area contributed by atoms with Crippen molar-refractivity contribution in [3.8, 4) is 0 Å². The fraction of sp³-hybridized carbons (Fsp3) is 0.909. The maximum atomic E-state index is 11.7. The Balaban J connectivity index is 1.67. The van der Waals surface area contributed by atoms with E-state index in [1.165, 1.54) is 12.8 Å². The lowest BCUT2D eigenvalue weighted by Crippen LogP contribution is -2.25. The van der Waals surface area contributed by atoms with E-state index < -0.39 is 0 Å². The van der Waals surface area contributed by atoms with Crippen molar-refractivity contribution >= 4 is 5.78 Å². The first kappa shape index (κ1) is 9.20. The summed E-state index contributed by atoms with van der Waals surface area (Å²) >= 11 is 0. The number of Topliss-reactive ketones (excluding diaryl/α,β-unsaturated/α-hetero) is 1. The van der Waals surface area contributed by atoms with E-state index in [1.807, 2.05) is 0 Å². The number of rotatable bonds is 4. The van der Waals surface area contributed by atoms with Crippen LogP contribution < -0.4 is 0 Å². The number of hydrogen-bond acceptors (Lipinski definition) is 2. The SMILES string of the molecule is O=C(CCC1CC1)C1CCCOC1. The molecule has 1 unspecified atom stereocenters. The second-order valence-electron chi connectivity index (χ2n) is 4.36. The number of hydrogen-bond donors (Lipinski definition) is 0. The molecule has 2 heteroatoms. The molecule has 0 aromatic heterocycles. The molecule has 0 bridgehead atoms. The quantitative estimate of drug-likeness (QED) is 0.666. The van der Waals surface area contributed by atoms with Crippen LogP contribution in [0.25, 0.3) is 0 Å². The van der Waals surface area contributed by atoms with Crippen LogP contribution in [0.2, 0.25) is 0 Å². The second-order valence-corrected chi connectivity index (χ2v) is 4.36. The third-order valence-electron chi connectivity index (χ3n) is 3.11. The largest absolute Gasteiger partial charge is 0.381 e. The zero-order valence-corrected chi connectivity index (χ0v) is 8.13. The highest BCUT2D eigenvalue weighted by molar-refractivity contribution is 5.81. The molecule has 2 nitrogen and oxygen atoms in total. The molecular formula is C11H18O2. The molecule has 0 aromatic carbocycles. The first-order valence-corrected chi connectivity index (χ1v) is 5.46. The lowest BCUT2D eigenvalue weighted by atomic mass is 9.94. The maximum absolute atomic E-state index is 11.7. The van der Waals surface area contributed by atoms with Gasteiger partial charge >= 0.3 is 0 Å². The van der Waals surface area contributed by atoms with E-state index in [-0.39, 0.29) is 5.92 Å². The molecule has 2 rings (SSSR count). The Kier molecular flexibility index (Phi) is 2.99. The van der Waals surface area contributed by atoms with Gasteiger partial charge in [0, 0.05) is 18.9 Å². The van der Waals surface area contributed by atoms with Crippen LogP contribution >= 0.6 is 0 Å². The highest BCUT2D eigenvalue weighted by Gasteiger charge is 2.25. The predicted octanol–water partition coefficient (Wildman–Crippen LogP) is 2.17. The highest BCUT2D eigenvalue weighted by Crippen LogP contribution is 2.34. The van der Waals surface area contributed by atoms with Gasteiger partial charge in [-0.2, -0.15) is 0 Å². The zero-order valence-electron chi connectivity index (χ0n) is 8.13. The summed E-state index contributed by atoms with van der Waals surface area (Å²) in [7, 11) is 0. The van der Waals surface area contributed by atoms with Gasteiger partial charge in [0.05, 0.1) is 6.61 Å². The molecule has 0 aromatic rings. The fourth-order valence-corrected chi connectivity index (χ4v) is 1.95. The van der Waals surface area contributed by atoms with Gasteiger partial charge in [0.25, 0.3) is 0 Å². The van der Waals surface area contributed by atoms with Crippen LogP contribution in [0.3, 0.4) is 0 Å². The summed E-state index contributed by atoms with van der Waals surface area (Å²) in [6, 6.07) is 0. The van der Waals surface area contributed by atoms with Gasteiger partial charge in [0.2, 0.25) is 0 Å². The van der Waals surface area contributed by atoms with Gasteiger partial charge in [-0.3, -0.25) is 4.79 Å². The summed E-state index contributed by atoms with van der Waals surface area (Å²) in [6.07, 6.45) is 6.78. The summed E-state index contributed by atoms with van der Waals surface area (Å²) in [5.74, 6) is 1.56. The van der Waals surface area contributed by atoms with Gasteiger partial charge in [0.15, 0.2) is 0 Å². The van der Waals surface area contributed by atoms with Crippen LogP contribution in [0, 0.1) is 11.8 Å². The first-order valence-electron chi connectivity index (χ1n) is 5.46. The molecule has 1 heterocycles. The molecule has 0 spiro atoms. The molecular weight excluding hydrogens is 164 g/mol. The Labute approximate surface area is 79.7 Å². The fourth-order valence-electron chi connectivity index (χ4n) is 1.95. The summed E-state index contributed by atoms with van der Waals surface area (Å²) in [6.45, 7) is 1.54. The van der Waals surface area contributed by atoms with E-state index in [1.54, 1.807) is 0 Å². The monoisotopic (exact) mass is 182 g/mol. The molecule has 2 aliphatic rings. The van der Waals surface area contributed by atoms with Crippen LogP contribution in [0.15, 0.2) is 0 Å². The third-order valence-corrected chi connectivity index (χ3v) is 3.11. The zero-order chi connectivity index (χ0) is 9.10. The molecule has 1 atom stereocenters. The second kappa shape index (κ2) is 4.23. The Hall–Kier alpha value is -0.370. The summed E-state index contributed by atoms with van der Waals surface area (Å²) in [5, 5.41) is 0. The number of carbonyl (C=O) groups is 1. The van der Waals surface area contributed by atoms with Gasteiger partial charge < -0.3 is 4.74 Å². The van der Waals surface area contributed by atoms with Gasteiger partial charge in [-0.1, -0.05) is 12.8 Å². The minimum Gasteiger partial charge on any atom is -0.381 e. The maximum Gasteiger partial charge on any atom is 0.138 e. The lowest BCUT2D eigenvalue weighted by Gasteiger charge is -2.20. The van der Waals surface area contributed by atoms with Gasteiger partial charge in [-0.05, 0) is 25.2 Å². The Morgan fingerprint density at radius 2 is 2.15 bits per heavy atom. The Morgan fingerprint density at radius 1 is 1.31 bits per heavy atom. The van der Waals surface area contributed by atoms with E-state index in [0.29, 0.717) is 12.4 Å². The van der Waals surface area contributed by atoms with Crippen molar-refractivity contribution in [1.29, 1.82) is 0 Å².